The van der Waals surface area contributed by atoms with Gasteiger partial charge in [-0.15, -0.1) is 0 Å². The number of fused-ring (bicyclic) bond motifs is 1. The van der Waals surface area contributed by atoms with Gasteiger partial charge >= 0.3 is 0 Å². The van der Waals surface area contributed by atoms with Crippen molar-refractivity contribution >= 4 is 17.3 Å². The summed E-state index contributed by atoms with van der Waals surface area (Å²) < 4.78 is 7.66. The second kappa shape index (κ2) is 11.5. The Morgan fingerprint density at radius 2 is 2.03 bits per heavy atom. The molecule has 3 N–H and O–H groups in total. The molecule has 2 amide bonds. The number of nitrogens with two attached hydrogens (primary N) is 1. The minimum Gasteiger partial charge on any atom is -0.490 e. The number of primary amides is 1. The van der Waals surface area contributed by atoms with Gasteiger partial charge in [-0.2, -0.15) is 0 Å². The Kier molecular flexibility index (Phi) is 8.50. The third-order valence-corrected chi connectivity index (χ3v) is 5.76. The van der Waals surface area contributed by atoms with E-state index in [2.05, 4.69) is 16.8 Å². The Labute approximate surface area is 205 Å². The number of amides is 2. The molecule has 8 heteroatoms. The van der Waals surface area contributed by atoms with Crippen LogP contribution in [0.25, 0.3) is 16.8 Å². The Morgan fingerprint density at radius 3 is 2.66 bits per heavy atom. The van der Waals surface area contributed by atoms with Crippen LogP contribution in [0.4, 0.5) is 0 Å². The Bertz CT molecular complexity index is 1270. The van der Waals surface area contributed by atoms with Crippen LogP contribution >= 0.6 is 0 Å². The zero-order valence-electron chi connectivity index (χ0n) is 20.6. The Balaban J connectivity index is 0.00000167. The van der Waals surface area contributed by atoms with E-state index in [-0.39, 0.29) is 11.9 Å². The fraction of sp³-hybridized carbons (Fsp3) is 0.370. The van der Waals surface area contributed by atoms with Gasteiger partial charge in [0.2, 0.25) is 5.82 Å². The first kappa shape index (κ1) is 25.8. The van der Waals surface area contributed by atoms with Crippen molar-refractivity contribution in [1.29, 1.82) is 0 Å². The Hall–Kier alpha value is -3.83. The molecule has 184 valence electrons. The van der Waals surface area contributed by atoms with Crippen LogP contribution in [-0.4, -0.2) is 57.0 Å². The quantitative estimate of drug-likeness (QED) is 0.531. The van der Waals surface area contributed by atoms with Gasteiger partial charge in [0.15, 0.2) is 6.10 Å². The highest BCUT2D eigenvalue weighted by Crippen LogP contribution is 2.30. The number of nitrogens with zero attached hydrogens (tertiary/aromatic N) is 3. The van der Waals surface area contributed by atoms with Gasteiger partial charge in [0, 0.05) is 37.0 Å². The van der Waals surface area contributed by atoms with E-state index in [4.69, 9.17) is 10.5 Å². The molecule has 0 spiro atoms. The van der Waals surface area contributed by atoms with Crippen LogP contribution in [0.2, 0.25) is 0 Å². The summed E-state index contributed by atoms with van der Waals surface area (Å²) in [6.45, 7) is 6.30. The summed E-state index contributed by atoms with van der Waals surface area (Å²) in [4.78, 5) is 29.9. The summed E-state index contributed by atoms with van der Waals surface area (Å²) >= 11 is 0. The van der Waals surface area contributed by atoms with E-state index in [9.17, 15) is 14.7 Å². The van der Waals surface area contributed by atoms with E-state index in [0.717, 1.165) is 18.4 Å². The number of aliphatic hydroxyl groups is 1. The predicted molar refractivity (Wildman–Crippen MR) is 135 cm³/mol. The van der Waals surface area contributed by atoms with Crippen molar-refractivity contribution in [3.8, 4) is 28.8 Å². The van der Waals surface area contributed by atoms with Crippen molar-refractivity contribution in [3.63, 3.8) is 0 Å². The number of aromatic nitrogens is 2. The monoisotopic (exact) mass is 476 g/mol. The number of carbonyl (C=O) groups excluding carboxylic acids is 2. The van der Waals surface area contributed by atoms with Gasteiger partial charge in [-0.25, -0.2) is 4.98 Å². The highest BCUT2D eigenvalue weighted by Gasteiger charge is 2.21. The zero-order valence-corrected chi connectivity index (χ0v) is 20.6. The van der Waals surface area contributed by atoms with Crippen molar-refractivity contribution < 1.29 is 19.4 Å². The van der Waals surface area contributed by atoms with Gasteiger partial charge in [-0.05, 0) is 44.4 Å². The topological polar surface area (TPSA) is 110 Å². The molecule has 0 saturated heterocycles. The molecule has 1 atom stereocenters. The average molecular weight is 477 g/mol. The minimum absolute atomic E-state index is 0.121. The zero-order chi connectivity index (χ0) is 25.5. The maximum absolute atomic E-state index is 12.0. The average Bonchev–Trinajstić information content (AvgIpc) is 3.24. The second-order valence-electron chi connectivity index (χ2n) is 8.04. The van der Waals surface area contributed by atoms with Gasteiger partial charge < -0.3 is 20.5 Å². The molecule has 2 heterocycles. The van der Waals surface area contributed by atoms with E-state index >= 15 is 0 Å². The van der Waals surface area contributed by atoms with Gasteiger partial charge in [-0.3, -0.25) is 14.0 Å². The molecule has 1 aromatic carbocycles. The summed E-state index contributed by atoms with van der Waals surface area (Å²) in [5.74, 6) is 5.18. The predicted octanol–water partition coefficient (Wildman–Crippen LogP) is 3.25. The highest BCUT2D eigenvalue weighted by atomic mass is 16.5. The third kappa shape index (κ3) is 5.81. The minimum atomic E-state index is -1.40. The normalized spacial score (nSPS) is 13.5. The van der Waals surface area contributed by atoms with Gasteiger partial charge in [0.1, 0.15) is 5.75 Å². The highest BCUT2D eigenvalue weighted by molar-refractivity contribution is 5.93. The second-order valence-corrected chi connectivity index (χ2v) is 8.04. The fourth-order valence-electron chi connectivity index (χ4n) is 3.53. The van der Waals surface area contributed by atoms with Gasteiger partial charge in [0.05, 0.1) is 17.3 Å². The maximum Gasteiger partial charge on any atom is 0.285 e. The molecule has 2 aromatic heterocycles. The molecule has 1 unspecified atom stereocenters. The largest absolute Gasteiger partial charge is 0.490 e. The number of rotatable bonds is 6. The number of carbonyl (C=O) groups is 2. The van der Waals surface area contributed by atoms with Crippen molar-refractivity contribution in [1.82, 2.24) is 14.3 Å². The fourth-order valence-corrected chi connectivity index (χ4v) is 3.53. The molecule has 8 nitrogen and oxygen atoms in total. The third-order valence-electron chi connectivity index (χ3n) is 5.76. The summed E-state index contributed by atoms with van der Waals surface area (Å²) in [5.41, 5.74) is 8.13. The smallest absolute Gasteiger partial charge is 0.285 e. The van der Waals surface area contributed by atoms with Crippen LogP contribution in [-0.2, 0) is 4.79 Å². The lowest BCUT2D eigenvalue weighted by Gasteiger charge is -2.26. The molecule has 0 radical (unpaired) electrons. The lowest BCUT2D eigenvalue weighted by Crippen LogP contribution is -2.35. The standard InChI is InChI=1S/C25H26N4O4.C2H6/c1-3-28(2)25(32)21(30)11-10-16-6-4-7-17(14-16)22-20-15-19(33-18-8-5-9-18)12-13-29(20)24(27-22)23(26)31;1-2/h4,6-7,12-15,18,21,30H,3,5,8-9H2,1-2H3,(H2,26,31);1-2H3. The van der Waals surface area contributed by atoms with E-state index < -0.39 is 17.9 Å². The number of benzene rings is 1. The first-order valence-electron chi connectivity index (χ1n) is 11.9. The molecular weight excluding hydrogens is 444 g/mol. The lowest BCUT2D eigenvalue weighted by molar-refractivity contribution is -0.135. The molecular formula is C27H32N4O4. The van der Waals surface area contributed by atoms with E-state index in [1.807, 2.05) is 32.9 Å². The molecule has 3 aromatic rings. The molecule has 35 heavy (non-hydrogen) atoms. The molecule has 0 aliphatic heterocycles. The van der Waals surface area contributed by atoms with Crippen LogP contribution < -0.4 is 10.5 Å². The number of hydrogen-bond acceptors (Lipinski definition) is 5. The molecule has 0 bridgehead atoms. The van der Waals surface area contributed by atoms with Crippen LogP contribution in [0.15, 0.2) is 42.6 Å². The van der Waals surface area contributed by atoms with Crippen LogP contribution in [0.5, 0.6) is 5.75 Å². The van der Waals surface area contributed by atoms with Crippen LogP contribution in [0.1, 0.15) is 56.2 Å². The first-order valence-corrected chi connectivity index (χ1v) is 11.9. The van der Waals surface area contributed by atoms with E-state index in [1.165, 1.54) is 11.3 Å². The summed E-state index contributed by atoms with van der Waals surface area (Å²) in [6, 6.07) is 10.9. The van der Waals surface area contributed by atoms with E-state index in [1.54, 1.807) is 41.9 Å². The summed E-state index contributed by atoms with van der Waals surface area (Å²) in [5, 5.41) is 10.1. The van der Waals surface area contributed by atoms with Crippen molar-refractivity contribution in [3.05, 3.63) is 54.0 Å². The van der Waals surface area contributed by atoms with Crippen molar-refractivity contribution in [2.45, 2.75) is 52.2 Å². The first-order chi connectivity index (χ1) is 16.9. The van der Waals surface area contributed by atoms with E-state index in [0.29, 0.717) is 29.1 Å². The number of hydrogen-bond donors (Lipinski definition) is 2. The molecule has 4 rings (SSSR count). The summed E-state index contributed by atoms with van der Waals surface area (Å²) in [6.07, 6.45) is 3.78. The number of pyridine rings is 1. The number of aliphatic hydroxyl groups excluding tert-OH is 1. The van der Waals surface area contributed by atoms with Crippen molar-refractivity contribution in [2.75, 3.05) is 13.6 Å². The van der Waals surface area contributed by atoms with Crippen LogP contribution in [0.3, 0.4) is 0 Å². The molecule has 1 saturated carbocycles. The number of likely N-dealkylation sites (N-methyl/N-ethyl adjacent to an activating group) is 1. The van der Waals surface area contributed by atoms with Crippen LogP contribution in [0, 0.1) is 11.8 Å². The maximum atomic E-state index is 12.0. The molecule has 1 aliphatic rings. The molecule has 1 aliphatic carbocycles. The lowest BCUT2D eigenvalue weighted by atomic mass is 9.96. The molecule has 1 fully saturated rings. The van der Waals surface area contributed by atoms with Gasteiger partial charge in [-0.1, -0.05) is 37.8 Å². The number of imidazole rings is 1. The number of ether oxygens (including phenoxy) is 1. The summed E-state index contributed by atoms with van der Waals surface area (Å²) in [7, 11) is 1.61. The van der Waals surface area contributed by atoms with Gasteiger partial charge in [0.25, 0.3) is 11.8 Å². The van der Waals surface area contributed by atoms with Crippen molar-refractivity contribution in [2.24, 2.45) is 5.73 Å². The SMILES string of the molecule is CC.CCN(C)C(=O)C(O)C#Cc1cccc(-c2nc(C(N)=O)n3ccc(OC4CCC4)cc23)c1. The Morgan fingerprint density at radius 1 is 1.29 bits per heavy atom.